The van der Waals surface area contributed by atoms with Crippen molar-refractivity contribution in [2.75, 3.05) is 13.6 Å². The monoisotopic (exact) mass is 203 g/mol. The molecule has 0 spiro atoms. The molecule has 0 saturated heterocycles. The zero-order chi connectivity index (χ0) is 10.9. The lowest BCUT2D eigenvalue weighted by Crippen LogP contribution is -2.42. The summed E-state index contributed by atoms with van der Waals surface area (Å²) in [6.07, 6.45) is 4.07. The molecule has 0 aromatic heterocycles. The van der Waals surface area contributed by atoms with Gasteiger partial charge in [-0.15, -0.1) is 0 Å². The van der Waals surface area contributed by atoms with Crippen molar-refractivity contribution in [3.63, 3.8) is 0 Å². The van der Waals surface area contributed by atoms with Gasteiger partial charge in [0.15, 0.2) is 0 Å². The summed E-state index contributed by atoms with van der Waals surface area (Å²) in [5.41, 5.74) is 4.80. The molecule has 1 nitrogen and oxygen atoms in total. The zero-order valence-corrected chi connectivity index (χ0v) is 10.1. The highest BCUT2D eigenvalue weighted by Gasteiger charge is 2.37. The van der Waals surface area contributed by atoms with Crippen molar-refractivity contribution < 1.29 is 0 Å². The molecule has 0 aliphatic heterocycles. The standard InChI is InChI=1S/C14H21N/c1-11-5-6-13(9-12(11)2)14(10-15-3)7-4-8-14/h5-6,9,15H,4,7-8,10H2,1-3H3. The van der Waals surface area contributed by atoms with Gasteiger partial charge in [0.05, 0.1) is 0 Å². The summed E-state index contributed by atoms with van der Waals surface area (Å²) in [6.45, 7) is 5.52. The Morgan fingerprint density at radius 3 is 2.40 bits per heavy atom. The van der Waals surface area contributed by atoms with Crippen molar-refractivity contribution >= 4 is 0 Å². The first-order valence-electron chi connectivity index (χ1n) is 5.90. The molecule has 1 aromatic rings. The highest BCUT2D eigenvalue weighted by atomic mass is 14.8. The molecule has 1 heteroatoms. The van der Waals surface area contributed by atoms with Crippen molar-refractivity contribution in [3.05, 3.63) is 34.9 Å². The number of aryl methyl sites for hydroxylation is 2. The largest absolute Gasteiger partial charge is 0.319 e. The van der Waals surface area contributed by atoms with Crippen molar-refractivity contribution in [2.24, 2.45) is 0 Å². The van der Waals surface area contributed by atoms with E-state index in [1.165, 1.54) is 36.0 Å². The normalized spacial score (nSPS) is 18.6. The molecular formula is C14H21N. The molecular weight excluding hydrogens is 182 g/mol. The number of hydrogen-bond acceptors (Lipinski definition) is 1. The van der Waals surface area contributed by atoms with Gasteiger partial charge >= 0.3 is 0 Å². The molecule has 0 radical (unpaired) electrons. The van der Waals surface area contributed by atoms with Crippen LogP contribution in [0.15, 0.2) is 18.2 Å². The van der Waals surface area contributed by atoms with Gasteiger partial charge in [0.1, 0.15) is 0 Å². The summed E-state index contributed by atoms with van der Waals surface area (Å²) in [5.74, 6) is 0. The average molecular weight is 203 g/mol. The van der Waals surface area contributed by atoms with E-state index < -0.39 is 0 Å². The van der Waals surface area contributed by atoms with Crippen LogP contribution in [-0.2, 0) is 5.41 Å². The number of nitrogens with one attached hydrogen (secondary N) is 1. The van der Waals surface area contributed by atoms with E-state index in [9.17, 15) is 0 Å². The van der Waals surface area contributed by atoms with E-state index in [0.717, 1.165) is 6.54 Å². The van der Waals surface area contributed by atoms with Crippen LogP contribution in [-0.4, -0.2) is 13.6 Å². The fourth-order valence-corrected chi connectivity index (χ4v) is 2.58. The summed E-state index contributed by atoms with van der Waals surface area (Å²) in [7, 11) is 2.06. The van der Waals surface area contributed by atoms with Crippen molar-refractivity contribution in [3.8, 4) is 0 Å². The van der Waals surface area contributed by atoms with E-state index in [-0.39, 0.29) is 0 Å². The third-order valence-corrected chi connectivity index (χ3v) is 3.95. The predicted molar refractivity (Wildman–Crippen MR) is 65.4 cm³/mol. The molecule has 82 valence electrons. The topological polar surface area (TPSA) is 12.0 Å². The van der Waals surface area contributed by atoms with E-state index in [0.29, 0.717) is 5.41 Å². The molecule has 15 heavy (non-hydrogen) atoms. The fraction of sp³-hybridized carbons (Fsp3) is 0.571. The molecule has 0 heterocycles. The Bertz CT molecular complexity index is 350. The van der Waals surface area contributed by atoms with Crippen molar-refractivity contribution in [1.82, 2.24) is 5.32 Å². The van der Waals surface area contributed by atoms with E-state index in [2.05, 4.69) is 44.4 Å². The van der Waals surface area contributed by atoms with Crippen LogP contribution < -0.4 is 5.32 Å². The van der Waals surface area contributed by atoms with E-state index in [1.54, 1.807) is 0 Å². The number of likely N-dealkylation sites (N-methyl/N-ethyl adjacent to an activating group) is 1. The van der Waals surface area contributed by atoms with E-state index in [4.69, 9.17) is 0 Å². The van der Waals surface area contributed by atoms with E-state index >= 15 is 0 Å². The van der Waals surface area contributed by atoms with Crippen molar-refractivity contribution in [1.29, 1.82) is 0 Å². The third kappa shape index (κ3) is 1.81. The number of hydrogen-bond donors (Lipinski definition) is 1. The molecule has 1 aliphatic rings. The van der Waals surface area contributed by atoms with Crippen LogP contribution in [0.5, 0.6) is 0 Å². The first-order valence-corrected chi connectivity index (χ1v) is 5.90. The van der Waals surface area contributed by atoms with Gasteiger partial charge in [-0.3, -0.25) is 0 Å². The van der Waals surface area contributed by atoms with Gasteiger partial charge in [-0.2, -0.15) is 0 Å². The Hall–Kier alpha value is -0.820. The molecule has 0 amide bonds. The van der Waals surface area contributed by atoms with Crippen molar-refractivity contribution in [2.45, 2.75) is 38.5 Å². The molecule has 0 bridgehead atoms. The Balaban J connectivity index is 2.30. The molecule has 0 atom stereocenters. The molecule has 1 fully saturated rings. The van der Waals surface area contributed by atoms with Crippen LogP contribution in [0.3, 0.4) is 0 Å². The Morgan fingerprint density at radius 2 is 1.93 bits per heavy atom. The smallest absolute Gasteiger partial charge is 0.00777 e. The second kappa shape index (κ2) is 3.97. The second-order valence-corrected chi connectivity index (χ2v) is 4.96. The van der Waals surface area contributed by atoms with Crippen LogP contribution in [0, 0.1) is 13.8 Å². The van der Waals surface area contributed by atoms with Gasteiger partial charge in [0, 0.05) is 12.0 Å². The SMILES string of the molecule is CNCC1(c2ccc(C)c(C)c2)CCC1. The summed E-state index contributed by atoms with van der Waals surface area (Å²) in [6, 6.07) is 6.96. The highest BCUT2D eigenvalue weighted by molar-refractivity contribution is 5.36. The van der Waals surface area contributed by atoms with E-state index in [1.807, 2.05) is 0 Å². The van der Waals surface area contributed by atoms with Gasteiger partial charge in [-0.1, -0.05) is 24.6 Å². The lowest BCUT2D eigenvalue weighted by molar-refractivity contribution is 0.239. The molecule has 2 rings (SSSR count). The van der Waals surface area contributed by atoms with Gasteiger partial charge in [0.2, 0.25) is 0 Å². The number of rotatable bonds is 3. The molecule has 1 N–H and O–H groups in total. The minimum Gasteiger partial charge on any atom is -0.319 e. The molecule has 1 aromatic carbocycles. The quantitative estimate of drug-likeness (QED) is 0.796. The second-order valence-electron chi connectivity index (χ2n) is 4.96. The third-order valence-electron chi connectivity index (χ3n) is 3.95. The van der Waals surface area contributed by atoms with Crippen LogP contribution >= 0.6 is 0 Å². The minimum atomic E-state index is 0.438. The molecule has 1 saturated carbocycles. The lowest BCUT2D eigenvalue weighted by Gasteiger charge is -2.42. The number of benzene rings is 1. The highest BCUT2D eigenvalue weighted by Crippen LogP contribution is 2.43. The first kappa shape index (κ1) is 10.7. The van der Waals surface area contributed by atoms with Gasteiger partial charge in [-0.05, 0) is 50.4 Å². The summed E-state index contributed by atoms with van der Waals surface area (Å²) >= 11 is 0. The predicted octanol–water partition coefficient (Wildman–Crippen LogP) is 2.94. The van der Waals surface area contributed by atoms with Crippen LogP contribution in [0.2, 0.25) is 0 Å². The molecule has 1 aliphatic carbocycles. The Morgan fingerprint density at radius 1 is 1.20 bits per heavy atom. The van der Waals surface area contributed by atoms with Crippen LogP contribution in [0.1, 0.15) is 36.0 Å². The van der Waals surface area contributed by atoms with Crippen LogP contribution in [0.4, 0.5) is 0 Å². The Labute approximate surface area is 92.9 Å². The summed E-state index contributed by atoms with van der Waals surface area (Å²) in [5, 5.41) is 3.34. The summed E-state index contributed by atoms with van der Waals surface area (Å²) in [4.78, 5) is 0. The van der Waals surface area contributed by atoms with Crippen LogP contribution in [0.25, 0.3) is 0 Å². The minimum absolute atomic E-state index is 0.438. The maximum absolute atomic E-state index is 3.34. The maximum Gasteiger partial charge on any atom is 0.00777 e. The van der Waals surface area contributed by atoms with Gasteiger partial charge in [0.25, 0.3) is 0 Å². The zero-order valence-electron chi connectivity index (χ0n) is 10.1. The summed E-state index contributed by atoms with van der Waals surface area (Å²) < 4.78 is 0. The first-order chi connectivity index (χ1) is 7.18. The average Bonchev–Trinajstić information content (AvgIpc) is 2.16. The Kier molecular flexibility index (Phi) is 2.83. The molecule has 0 unspecified atom stereocenters. The van der Waals surface area contributed by atoms with Gasteiger partial charge < -0.3 is 5.32 Å². The fourth-order valence-electron chi connectivity index (χ4n) is 2.58. The maximum atomic E-state index is 3.34. The lowest BCUT2D eigenvalue weighted by atomic mass is 9.64. The van der Waals surface area contributed by atoms with Gasteiger partial charge in [-0.25, -0.2) is 0 Å².